The van der Waals surface area contributed by atoms with Gasteiger partial charge in [-0.15, -0.1) is 0 Å². The van der Waals surface area contributed by atoms with E-state index in [1.807, 2.05) is 20.8 Å². The fourth-order valence-corrected chi connectivity index (χ4v) is 2.24. The lowest BCUT2D eigenvalue weighted by atomic mass is 9.59. The maximum Gasteiger partial charge on any atom is 0.410 e. The highest BCUT2D eigenvalue weighted by molar-refractivity contribution is 6.59. The molecular weight excluding hydrogens is 289 g/mol. The van der Waals surface area contributed by atoms with Gasteiger partial charge in [0.2, 0.25) is 0 Å². The number of ether oxygens (including phenoxy) is 1. The molecule has 0 saturated carbocycles. The number of hydrogen-bond acceptors (Lipinski definition) is 3. The molecule has 5 heteroatoms. The molecule has 0 N–H and O–H groups in total. The third kappa shape index (κ3) is 5.87. The summed E-state index contributed by atoms with van der Waals surface area (Å²) in [4.78, 5) is 13.8. The van der Waals surface area contributed by atoms with Gasteiger partial charge in [0.05, 0.1) is 5.60 Å². The van der Waals surface area contributed by atoms with Crippen molar-refractivity contribution in [3.63, 3.8) is 0 Å². The molecule has 0 aliphatic carbocycles. The number of hydrogen-bond donors (Lipinski definition) is 0. The van der Waals surface area contributed by atoms with Crippen LogP contribution in [0.3, 0.4) is 0 Å². The first-order valence-electron chi connectivity index (χ1n) is 8.57. The van der Waals surface area contributed by atoms with Gasteiger partial charge in [-0.05, 0) is 46.5 Å². The maximum absolute atomic E-state index is 12.1. The van der Waals surface area contributed by atoms with Gasteiger partial charge in [0.25, 0.3) is 0 Å². The Balaban J connectivity index is 2.64. The van der Waals surface area contributed by atoms with E-state index in [0.29, 0.717) is 13.1 Å². The second-order valence-corrected chi connectivity index (χ2v) is 8.98. The SMILES string of the molecule is CB(OC(C)(C)C(C)(C)C)C1=CCN(C(=O)OC(C)(C)C)CC1. The number of carbonyl (C=O) groups is 1. The lowest BCUT2D eigenvalue weighted by Crippen LogP contribution is -2.45. The second kappa shape index (κ2) is 6.88. The molecule has 0 aromatic rings. The summed E-state index contributed by atoms with van der Waals surface area (Å²) in [5, 5.41) is 0. The molecule has 0 aromatic carbocycles. The molecule has 0 atom stereocenters. The minimum Gasteiger partial charge on any atom is -0.444 e. The van der Waals surface area contributed by atoms with Crippen LogP contribution in [0.2, 0.25) is 6.82 Å². The summed E-state index contributed by atoms with van der Waals surface area (Å²) in [6.45, 7) is 20.0. The first kappa shape index (κ1) is 20.1. The summed E-state index contributed by atoms with van der Waals surface area (Å²) in [6, 6.07) is 0. The molecule has 1 rings (SSSR count). The smallest absolute Gasteiger partial charge is 0.410 e. The van der Waals surface area contributed by atoms with Crippen molar-refractivity contribution in [3.8, 4) is 0 Å². The Kier molecular flexibility index (Phi) is 6.01. The number of carbonyl (C=O) groups excluding carboxylic acids is 1. The average molecular weight is 323 g/mol. The van der Waals surface area contributed by atoms with E-state index in [0.717, 1.165) is 6.42 Å². The molecule has 1 heterocycles. The molecule has 0 bridgehead atoms. The fraction of sp³-hybridized carbons (Fsp3) is 0.833. The van der Waals surface area contributed by atoms with E-state index in [9.17, 15) is 4.79 Å². The fourth-order valence-electron chi connectivity index (χ4n) is 2.24. The van der Waals surface area contributed by atoms with Gasteiger partial charge in [-0.2, -0.15) is 0 Å². The highest BCUT2D eigenvalue weighted by Crippen LogP contribution is 2.34. The van der Waals surface area contributed by atoms with E-state index < -0.39 is 5.60 Å². The molecule has 0 spiro atoms. The summed E-state index contributed by atoms with van der Waals surface area (Å²) in [7, 11) is 0. The molecule has 132 valence electrons. The minimum absolute atomic E-state index is 0.0602. The molecule has 0 fully saturated rings. The molecule has 0 unspecified atom stereocenters. The first-order chi connectivity index (χ1) is 10.2. The number of rotatable bonds is 3. The zero-order valence-electron chi connectivity index (χ0n) is 16.4. The molecular formula is C18H34BNO3. The largest absolute Gasteiger partial charge is 0.444 e. The van der Waals surface area contributed by atoms with Crippen LogP contribution in [0.25, 0.3) is 0 Å². The van der Waals surface area contributed by atoms with Crippen LogP contribution in [0, 0.1) is 5.41 Å². The highest BCUT2D eigenvalue weighted by atomic mass is 16.6. The van der Waals surface area contributed by atoms with Crippen molar-refractivity contribution in [3.05, 3.63) is 11.5 Å². The standard InChI is InChI=1S/C18H34BNO3/c1-16(2,3)18(7,8)23-19(9)14-10-12-20(13-11-14)15(21)22-17(4,5)6/h10H,11-13H2,1-9H3. The summed E-state index contributed by atoms with van der Waals surface area (Å²) in [6.07, 6.45) is 2.70. The van der Waals surface area contributed by atoms with E-state index in [1.54, 1.807) is 4.90 Å². The van der Waals surface area contributed by atoms with Crippen molar-refractivity contribution in [2.24, 2.45) is 5.41 Å². The molecule has 4 nitrogen and oxygen atoms in total. The quantitative estimate of drug-likeness (QED) is 0.715. The Morgan fingerprint density at radius 3 is 2.09 bits per heavy atom. The van der Waals surface area contributed by atoms with Gasteiger partial charge in [-0.1, -0.05) is 39.1 Å². The van der Waals surface area contributed by atoms with E-state index >= 15 is 0 Å². The van der Waals surface area contributed by atoms with Gasteiger partial charge in [0.1, 0.15) is 5.60 Å². The normalized spacial score (nSPS) is 16.9. The first-order valence-corrected chi connectivity index (χ1v) is 8.57. The molecule has 1 aliphatic rings. The molecule has 1 amide bonds. The van der Waals surface area contributed by atoms with Crippen molar-refractivity contribution < 1.29 is 14.2 Å². The van der Waals surface area contributed by atoms with E-state index in [4.69, 9.17) is 9.39 Å². The summed E-state index contributed by atoms with van der Waals surface area (Å²) < 4.78 is 11.7. The molecule has 0 saturated heterocycles. The van der Waals surface area contributed by atoms with E-state index in [1.165, 1.54) is 5.47 Å². The highest BCUT2D eigenvalue weighted by Gasteiger charge is 2.37. The Morgan fingerprint density at radius 2 is 1.70 bits per heavy atom. The Bertz CT molecular complexity index is 458. The van der Waals surface area contributed by atoms with Crippen molar-refractivity contribution >= 4 is 13.0 Å². The predicted molar refractivity (Wildman–Crippen MR) is 96.7 cm³/mol. The van der Waals surface area contributed by atoms with Gasteiger partial charge in [0.15, 0.2) is 0 Å². The lowest BCUT2D eigenvalue weighted by molar-refractivity contribution is -0.000913. The predicted octanol–water partition coefficient (Wildman–Crippen LogP) is 4.56. The topological polar surface area (TPSA) is 38.8 Å². The van der Waals surface area contributed by atoms with Crippen LogP contribution in [0.5, 0.6) is 0 Å². The van der Waals surface area contributed by atoms with Crippen LogP contribution in [0.4, 0.5) is 4.79 Å². The number of nitrogens with zero attached hydrogens (tertiary/aromatic N) is 1. The third-order valence-corrected chi connectivity index (χ3v) is 4.70. The summed E-state index contributed by atoms with van der Waals surface area (Å²) in [5.41, 5.74) is 0.671. The Hall–Kier alpha value is -0.965. The number of amides is 1. The van der Waals surface area contributed by atoms with Gasteiger partial charge in [-0.3, -0.25) is 0 Å². The Labute approximate surface area is 142 Å². The van der Waals surface area contributed by atoms with Crippen molar-refractivity contribution in [1.29, 1.82) is 0 Å². The Morgan fingerprint density at radius 1 is 1.13 bits per heavy atom. The molecule has 0 aromatic heterocycles. The zero-order chi connectivity index (χ0) is 18.1. The van der Waals surface area contributed by atoms with Crippen LogP contribution in [-0.4, -0.2) is 42.2 Å². The van der Waals surface area contributed by atoms with Crippen molar-refractivity contribution in [1.82, 2.24) is 4.90 Å². The van der Waals surface area contributed by atoms with Crippen LogP contribution in [-0.2, 0) is 9.39 Å². The summed E-state index contributed by atoms with van der Waals surface area (Å²) >= 11 is 0. The molecule has 0 radical (unpaired) electrons. The summed E-state index contributed by atoms with van der Waals surface area (Å²) in [5.74, 6) is 0. The molecule has 23 heavy (non-hydrogen) atoms. The van der Waals surface area contributed by atoms with Crippen LogP contribution in [0.1, 0.15) is 61.8 Å². The van der Waals surface area contributed by atoms with Gasteiger partial charge < -0.3 is 14.3 Å². The van der Waals surface area contributed by atoms with Crippen molar-refractivity contribution in [2.45, 2.75) is 79.8 Å². The zero-order valence-corrected chi connectivity index (χ0v) is 16.4. The minimum atomic E-state index is -0.450. The van der Waals surface area contributed by atoms with Crippen LogP contribution >= 0.6 is 0 Å². The van der Waals surface area contributed by atoms with Gasteiger partial charge >= 0.3 is 13.0 Å². The molecule has 1 aliphatic heterocycles. The van der Waals surface area contributed by atoms with Gasteiger partial charge in [-0.25, -0.2) is 4.79 Å². The van der Waals surface area contributed by atoms with Crippen molar-refractivity contribution in [2.75, 3.05) is 13.1 Å². The second-order valence-electron chi connectivity index (χ2n) is 8.98. The average Bonchev–Trinajstić information content (AvgIpc) is 2.35. The van der Waals surface area contributed by atoms with Crippen LogP contribution < -0.4 is 0 Å². The van der Waals surface area contributed by atoms with Crippen LogP contribution in [0.15, 0.2) is 11.5 Å². The monoisotopic (exact) mass is 323 g/mol. The lowest BCUT2D eigenvalue weighted by Gasteiger charge is -2.41. The van der Waals surface area contributed by atoms with E-state index in [-0.39, 0.29) is 24.0 Å². The third-order valence-electron chi connectivity index (χ3n) is 4.70. The van der Waals surface area contributed by atoms with Gasteiger partial charge in [0, 0.05) is 13.1 Å². The van der Waals surface area contributed by atoms with E-state index in [2.05, 4.69) is 47.5 Å². The maximum atomic E-state index is 12.1.